The van der Waals surface area contributed by atoms with Crippen LogP contribution in [0.25, 0.3) is 5.78 Å². The number of aromatic nitrogens is 4. The van der Waals surface area contributed by atoms with Crippen molar-refractivity contribution < 1.29 is 9.90 Å². The molecular formula is C14H21N5O2. The molecule has 114 valence electrons. The summed E-state index contributed by atoms with van der Waals surface area (Å²) in [5.74, 6) is 0.312. The Kier molecular flexibility index (Phi) is 4.52. The van der Waals surface area contributed by atoms with Crippen molar-refractivity contribution in [1.29, 1.82) is 0 Å². The molecule has 0 aliphatic heterocycles. The van der Waals surface area contributed by atoms with Gasteiger partial charge in [0.25, 0.3) is 11.7 Å². The highest BCUT2D eigenvalue weighted by Crippen LogP contribution is 2.18. The van der Waals surface area contributed by atoms with Crippen molar-refractivity contribution in [2.45, 2.75) is 33.6 Å². The topological polar surface area (TPSA) is 92.4 Å². The lowest BCUT2D eigenvalue weighted by Crippen LogP contribution is -2.35. The van der Waals surface area contributed by atoms with Crippen molar-refractivity contribution in [2.24, 2.45) is 5.41 Å². The third kappa shape index (κ3) is 3.36. The summed E-state index contributed by atoms with van der Waals surface area (Å²) in [4.78, 5) is 20.5. The normalized spacial score (nSPS) is 11.8. The summed E-state index contributed by atoms with van der Waals surface area (Å²) in [5.41, 5.74) is 1.15. The number of hydrogen-bond acceptors (Lipinski definition) is 5. The van der Waals surface area contributed by atoms with Crippen LogP contribution in [0.4, 0.5) is 0 Å². The predicted molar refractivity (Wildman–Crippen MR) is 78.0 cm³/mol. The molecule has 0 aliphatic rings. The van der Waals surface area contributed by atoms with Crippen LogP contribution in [0.2, 0.25) is 0 Å². The largest absolute Gasteiger partial charge is 0.396 e. The standard InChI is InChI=1S/C14H21N5O2/c1-4-11-10(7-15-13-17-9-18-19(11)13)12(21)16-8-14(2,3)5-6-20/h7,9,20H,4-6,8H2,1-3H3,(H,16,21). The molecule has 7 nitrogen and oxygen atoms in total. The van der Waals surface area contributed by atoms with Crippen molar-refractivity contribution in [3.8, 4) is 0 Å². The number of carbonyl (C=O) groups is 1. The van der Waals surface area contributed by atoms with E-state index < -0.39 is 0 Å². The van der Waals surface area contributed by atoms with Crippen molar-refractivity contribution in [3.05, 3.63) is 23.8 Å². The van der Waals surface area contributed by atoms with Gasteiger partial charge in [-0.3, -0.25) is 4.79 Å². The first kappa shape index (κ1) is 15.4. The average Bonchev–Trinajstić information content (AvgIpc) is 2.92. The molecule has 2 aromatic heterocycles. The van der Waals surface area contributed by atoms with Gasteiger partial charge in [-0.05, 0) is 18.3 Å². The van der Waals surface area contributed by atoms with Gasteiger partial charge in [0.2, 0.25) is 0 Å². The van der Waals surface area contributed by atoms with Crippen LogP contribution in [-0.2, 0) is 6.42 Å². The summed E-state index contributed by atoms with van der Waals surface area (Å²) in [5, 5.41) is 16.0. The molecular weight excluding hydrogens is 270 g/mol. The molecule has 0 atom stereocenters. The fourth-order valence-corrected chi connectivity index (χ4v) is 2.16. The number of nitrogens with one attached hydrogen (secondary N) is 1. The van der Waals surface area contributed by atoms with Crippen LogP contribution in [0.5, 0.6) is 0 Å². The highest BCUT2D eigenvalue weighted by molar-refractivity contribution is 5.95. The van der Waals surface area contributed by atoms with Gasteiger partial charge in [-0.1, -0.05) is 20.8 Å². The zero-order valence-corrected chi connectivity index (χ0v) is 12.6. The molecule has 0 radical (unpaired) electrons. The van der Waals surface area contributed by atoms with Crippen LogP contribution in [-0.4, -0.2) is 43.7 Å². The third-order valence-electron chi connectivity index (χ3n) is 3.50. The fraction of sp³-hybridized carbons (Fsp3) is 0.571. The zero-order chi connectivity index (χ0) is 15.5. The second-order valence-corrected chi connectivity index (χ2v) is 5.76. The molecule has 7 heteroatoms. The lowest BCUT2D eigenvalue weighted by molar-refractivity contribution is 0.0926. The van der Waals surface area contributed by atoms with E-state index in [9.17, 15) is 4.79 Å². The first-order valence-corrected chi connectivity index (χ1v) is 7.05. The molecule has 2 heterocycles. The van der Waals surface area contributed by atoms with Crippen molar-refractivity contribution in [2.75, 3.05) is 13.2 Å². The molecule has 0 unspecified atom stereocenters. The van der Waals surface area contributed by atoms with E-state index in [1.54, 1.807) is 4.52 Å². The SMILES string of the molecule is CCc1c(C(=O)NCC(C)(C)CCO)cnc2ncnn12. The van der Waals surface area contributed by atoms with Crippen LogP contribution in [0.3, 0.4) is 0 Å². The number of aryl methyl sites for hydroxylation is 1. The van der Waals surface area contributed by atoms with E-state index in [1.807, 2.05) is 20.8 Å². The summed E-state index contributed by atoms with van der Waals surface area (Å²) in [6, 6.07) is 0. The Morgan fingerprint density at radius 1 is 1.43 bits per heavy atom. The molecule has 2 N–H and O–H groups in total. The highest BCUT2D eigenvalue weighted by Gasteiger charge is 2.21. The van der Waals surface area contributed by atoms with E-state index >= 15 is 0 Å². The Bertz CT molecular complexity index is 635. The highest BCUT2D eigenvalue weighted by atomic mass is 16.3. The number of carbonyl (C=O) groups excluding carboxylic acids is 1. The van der Waals surface area contributed by atoms with E-state index in [-0.39, 0.29) is 17.9 Å². The smallest absolute Gasteiger partial charge is 0.254 e. The maximum absolute atomic E-state index is 12.4. The quantitative estimate of drug-likeness (QED) is 0.822. The van der Waals surface area contributed by atoms with Crippen molar-refractivity contribution >= 4 is 11.7 Å². The molecule has 0 aromatic carbocycles. The van der Waals surface area contributed by atoms with Gasteiger partial charge in [0.05, 0.1) is 11.3 Å². The van der Waals surface area contributed by atoms with Crippen molar-refractivity contribution in [3.63, 3.8) is 0 Å². The second kappa shape index (κ2) is 6.17. The van der Waals surface area contributed by atoms with Crippen LogP contribution in [0, 0.1) is 5.41 Å². The van der Waals surface area contributed by atoms with Crippen LogP contribution >= 0.6 is 0 Å². The summed E-state index contributed by atoms with van der Waals surface area (Å²) in [7, 11) is 0. The number of nitrogens with zero attached hydrogens (tertiary/aromatic N) is 4. The molecule has 0 saturated carbocycles. The molecule has 0 bridgehead atoms. The van der Waals surface area contributed by atoms with Crippen LogP contribution in [0.1, 0.15) is 43.2 Å². The van der Waals surface area contributed by atoms with Crippen LogP contribution < -0.4 is 5.32 Å². The van der Waals surface area contributed by atoms with Gasteiger partial charge in [-0.2, -0.15) is 10.1 Å². The summed E-state index contributed by atoms with van der Waals surface area (Å²) < 4.78 is 1.59. The number of fused-ring (bicyclic) bond motifs is 1. The molecule has 2 aromatic rings. The summed E-state index contributed by atoms with van der Waals surface area (Å²) in [6.07, 6.45) is 4.25. The molecule has 0 aliphatic carbocycles. The molecule has 2 rings (SSSR count). The molecule has 0 fully saturated rings. The van der Waals surface area contributed by atoms with Gasteiger partial charge in [0.1, 0.15) is 6.33 Å². The van der Waals surface area contributed by atoms with Crippen molar-refractivity contribution in [1.82, 2.24) is 24.9 Å². The molecule has 1 amide bonds. The van der Waals surface area contributed by atoms with Gasteiger partial charge in [-0.15, -0.1) is 0 Å². The summed E-state index contributed by atoms with van der Waals surface area (Å²) in [6.45, 7) is 6.57. The van der Waals surface area contributed by atoms with Gasteiger partial charge in [0, 0.05) is 19.3 Å². The minimum absolute atomic E-state index is 0.107. The van der Waals surface area contributed by atoms with Gasteiger partial charge < -0.3 is 10.4 Å². The summed E-state index contributed by atoms with van der Waals surface area (Å²) >= 11 is 0. The number of amides is 1. The second-order valence-electron chi connectivity index (χ2n) is 5.76. The Labute approximate surface area is 123 Å². The molecule has 0 spiro atoms. The number of rotatable bonds is 6. The number of aliphatic hydroxyl groups excluding tert-OH is 1. The van der Waals surface area contributed by atoms with Crippen LogP contribution in [0.15, 0.2) is 12.5 Å². The first-order valence-electron chi connectivity index (χ1n) is 7.05. The first-order chi connectivity index (χ1) is 9.98. The Morgan fingerprint density at radius 3 is 2.86 bits per heavy atom. The predicted octanol–water partition coefficient (Wildman–Crippen LogP) is 0.825. The number of hydrogen-bond donors (Lipinski definition) is 2. The van der Waals surface area contributed by atoms with Gasteiger partial charge >= 0.3 is 0 Å². The van der Waals surface area contributed by atoms with E-state index in [0.29, 0.717) is 30.7 Å². The van der Waals surface area contributed by atoms with Gasteiger partial charge in [0.15, 0.2) is 0 Å². The lowest BCUT2D eigenvalue weighted by atomic mass is 9.89. The average molecular weight is 291 g/mol. The number of aliphatic hydroxyl groups is 1. The Balaban J connectivity index is 2.19. The minimum atomic E-state index is -0.178. The molecule has 21 heavy (non-hydrogen) atoms. The molecule has 0 saturated heterocycles. The maximum Gasteiger partial charge on any atom is 0.254 e. The zero-order valence-electron chi connectivity index (χ0n) is 12.6. The Morgan fingerprint density at radius 2 is 2.19 bits per heavy atom. The van der Waals surface area contributed by atoms with Gasteiger partial charge in [-0.25, -0.2) is 9.50 Å². The van der Waals surface area contributed by atoms with E-state index in [2.05, 4.69) is 20.4 Å². The monoisotopic (exact) mass is 291 g/mol. The minimum Gasteiger partial charge on any atom is -0.396 e. The van der Waals surface area contributed by atoms with E-state index in [4.69, 9.17) is 5.11 Å². The lowest BCUT2D eigenvalue weighted by Gasteiger charge is -2.24. The third-order valence-corrected chi connectivity index (χ3v) is 3.50. The Hall–Kier alpha value is -2.02. The van der Waals surface area contributed by atoms with E-state index in [0.717, 1.165) is 5.69 Å². The fourth-order valence-electron chi connectivity index (χ4n) is 2.16. The maximum atomic E-state index is 12.4. The van der Waals surface area contributed by atoms with E-state index in [1.165, 1.54) is 12.5 Å².